The van der Waals surface area contributed by atoms with Gasteiger partial charge >= 0.3 is 0 Å². The lowest BCUT2D eigenvalue weighted by Gasteiger charge is -2.52. The normalized spacial score (nSPS) is 28.3. The zero-order valence-electron chi connectivity index (χ0n) is 16.4. The summed E-state index contributed by atoms with van der Waals surface area (Å²) in [7, 11) is 4.74. The predicted octanol–water partition coefficient (Wildman–Crippen LogP) is 1.87. The number of methoxy groups -OCH3 is 3. The molecule has 1 aliphatic heterocycles. The minimum Gasteiger partial charge on any atom is -0.493 e. The van der Waals surface area contributed by atoms with Crippen molar-refractivity contribution in [2.24, 2.45) is 11.7 Å². The molecule has 7 heteroatoms. The number of ether oxygens (including phenoxy) is 3. The number of amides is 1. The summed E-state index contributed by atoms with van der Waals surface area (Å²) in [6.07, 6.45) is 4.46. The van der Waals surface area contributed by atoms with E-state index < -0.39 is 5.60 Å². The highest BCUT2D eigenvalue weighted by atomic mass is 16.5. The minimum absolute atomic E-state index is 0.0298. The van der Waals surface area contributed by atoms with E-state index in [0.29, 0.717) is 30.2 Å². The molecule has 150 valence electrons. The monoisotopic (exact) mass is 378 g/mol. The first kappa shape index (κ1) is 19.8. The summed E-state index contributed by atoms with van der Waals surface area (Å²) in [5.74, 6) is 1.32. The van der Waals surface area contributed by atoms with Crippen LogP contribution < -0.4 is 19.9 Å². The van der Waals surface area contributed by atoms with Crippen LogP contribution in [0, 0.1) is 5.92 Å². The highest BCUT2D eigenvalue weighted by Crippen LogP contribution is 2.51. The number of carbonyl (C=O) groups excluding carboxylic acids is 1. The van der Waals surface area contributed by atoms with Crippen molar-refractivity contribution in [3.8, 4) is 17.2 Å². The van der Waals surface area contributed by atoms with Gasteiger partial charge in [0.15, 0.2) is 11.5 Å². The van der Waals surface area contributed by atoms with Crippen molar-refractivity contribution in [3.63, 3.8) is 0 Å². The number of nitrogens with zero attached hydrogens (tertiary/aromatic N) is 1. The topological polar surface area (TPSA) is 94.2 Å². The van der Waals surface area contributed by atoms with E-state index in [1.807, 2.05) is 12.1 Å². The van der Waals surface area contributed by atoms with Crippen LogP contribution in [-0.4, -0.2) is 55.9 Å². The van der Waals surface area contributed by atoms with Gasteiger partial charge in [0.1, 0.15) is 0 Å². The molecule has 3 atom stereocenters. The molecule has 1 heterocycles. The van der Waals surface area contributed by atoms with Gasteiger partial charge in [-0.2, -0.15) is 0 Å². The van der Waals surface area contributed by atoms with Gasteiger partial charge in [0.2, 0.25) is 11.7 Å². The van der Waals surface area contributed by atoms with E-state index in [0.717, 1.165) is 31.2 Å². The Morgan fingerprint density at radius 1 is 1.19 bits per heavy atom. The Kier molecular flexibility index (Phi) is 5.81. The summed E-state index contributed by atoms with van der Waals surface area (Å²) in [5, 5.41) is 11.3. The second kappa shape index (κ2) is 7.94. The Hall–Kier alpha value is -1.99. The average Bonchev–Trinajstić information content (AvgIpc) is 2.66. The molecule has 2 aliphatic rings. The predicted molar refractivity (Wildman–Crippen MR) is 101 cm³/mol. The van der Waals surface area contributed by atoms with Crippen molar-refractivity contribution < 1.29 is 24.1 Å². The summed E-state index contributed by atoms with van der Waals surface area (Å²) in [6.45, 7) is 0.783. The van der Waals surface area contributed by atoms with E-state index in [-0.39, 0.29) is 24.4 Å². The zero-order chi connectivity index (χ0) is 19.6. The van der Waals surface area contributed by atoms with Crippen molar-refractivity contribution in [3.05, 3.63) is 17.7 Å². The highest BCUT2D eigenvalue weighted by Gasteiger charge is 2.49. The molecule has 3 rings (SSSR count). The van der Waals surface area contributed by atoms with Crippen LogP contribution in [0.1, 0.15) is 43.7 Å². The Morgan fingerprint density at radius 3 is 2.41 bits per heavy atom. The number of likely N-dealkylation sites (tertiary alicyclic amines) is 1. The first-order chi connectivity index (χ1) is 12.9. The van der Waals surface area contributed by atoms with Crippen molar-refractivity contribution >= 4 is 5.91 Å². The fraction of sp³-hybridized carbons (Fsp3) is 0.650. The standard InChI is InChI=1S/C20H30N2O5/c1-25-15-10-13(11-16(26-2)19(15)27-3)18-14-6-4-5-7-20(14,24)8-9-22(18)12-17(21)23/h10-11,14,18,24H,4-9,12H2,1-3H3,(H2,21,23). The molecule has 0 radical (unpaired) electrons. The lowest BCUT2D eigenvalue weighted by atomic mass is 9.66. The third-order valence-corrected chi connectivity index (χ3v) is 6.06. The summed E-state index contributed by atoms with van der Waals surface area (Å²) in [6, 6.07) is 3.70. The van der Waals surface area contributed by atoms with E-state index in [1.54, 1.807) is 21.3 Å². The van der Waals surface area contributed by atoms with Gasteiger partial charge < -0.3 is 25.1 Å². The Bertz CT molecular complexity index is 670. The van der Waals surface area contributed by atoms with E-state index in [9.17, 15) is 9.90 Å². The van der Waals surface area contributed by atoms with Gasteiger partial charge in [0.05, 0.1) is 33.5 Å². The molecule has 0 aromatic heterocycles. The van der Waals surface area contributed by atoms with Gasteiger partial charge in [-0.1, -0.05) is 12.8 Å². The van der Waals surface area contributed by atoms with Crippen LogP contribution in [-0.2, 0) is 4.79 Å². The largest absolute Gasteiger partial charge is 0.493 e. The number of aliphatic hydroxyl groups is 1. The number of benzene rings is 1. The van der Waals surface area contributed by atoms with E-state index >= 15 is 0 Å². The number of nitrogens with two attached hydrogens (primary N) is 1. The fourth-order valence-corrected chi connectivity index (χ4v) is 4.84. The summed E-state index contributed by atoms with van der Waals surface area (Å²) in [4.78, 5) is 13.8. The number of fused-ring (bicyclic) bond motifs is 1. The first-order valence-corrected chi connectivity index (χ1v) is 9.48. The molecule has 1 amide bonds. The van der Waals surface area contributed by atoms with Crippen molar-refractivity contribution in [1.82, 2.24) is 4.90 Å². The molecule has 7 nitrogen and oxygen atoms in total. The van der Waals surface area contributed by atoms with Gasteiger partial charge in [-0.05, 0) is 37.0 Å². The van der Waals surface area contributed by atoms with Gasteiger partial charge in [-0.3, -0.25) is 9.69 Å². The van der Waals surface area contributed by atoms with Crippen LogP contribution in [0.5, 0.6) is 17.2 Å². The molecule has 1 saturated heterocycles. The molecule has 27 heavy (non-hydrogen) atoms. The maximum atomic E-state index is 11.7. The maximum Gasteiger partial charge on any atom is 0.231 e. The maximum absolute atomic E-state index is 11.7. The van der Waals surface area contributed by atoms with E-state index in [2.05, 4.69) is 4.90 Å². The lowest BCUT2D eigenvalue weighted by molar-refractivity contribution is -0.136. The SMILES string of the molecule is COc1cc(C2C3CCCCC3(O)CCN2CC(N)=O)cc(OC)c1OC. The number of hydrogen-bond donors (Lipinski definition) is 2. The highest BCUT2D eigenvalue weighted by molar-refractivity contribution is 5.76. The minimum atomic E-state index is -0.711. The third kappa shape index (κ3) is 3.71. The smallest absolute Gasteiger partial charge is 0.231 e. The van der Waals surface area contributed by atoms with Crippen molar-refractivity contribution in [2.75, 3.05) is 34.4 Å². The van der Waals surface area contributed by atoms with Gasteiger partial charge in [-0.25, -0.2) is 0 Å². The first-order valence-electron chi connectivity index (χ1n) is 9.48. The molecule has 0 bridgehead atoms. The van der Waals surface area contributed by atoms with Crippen LogP contribution in [0.4, 0.5) is 0 Å². The fourth-order valence-electron chi connectivity index (χ4n) is 4.84. The Labute approximate surface area is 160 Å². The van der Waals surface area contributed by atoms with Gasteiger partial charge in [-0.15, -0.1) is 0 Å². The van der Waals surface area contributed by atoms with Crippen LogP contribution in [0.25, 0.3) is 0 Å². The lowest BCUT2D eigenvalue weighted by Crippen LogP contribution is -2.56. The molecule has 3 N–H and O–H groups in total. The van der Waals surface area contributed by atoms with Crippen LogP contribution in [0.3, 0.4) is 0 Å². The molecular weight excluding hydrogens is 348 g/mol. The number of piperidine rings is 1. The van der Waals surface area contributed by atoms with Gasteiger partial charge in [0, 0.05) is 18.5 Å². The molecule has 1 saturated carbocycles. The van der Waals surface area contributed by atoms with Crippen LogP contribution in [0.2, 0.25) is 0 Å². The van der Waals surface area contributed by atoms with E-state index in [1.165, 1.54) is 0 Å². The average molecular weight is 378 g/mol. The third-order valence-electron chi connectivity index (χ3n) is 6.06. The van der Waals surface area contributed by atoms with Crippen LogP contribution >= 0.6 is 0 Å². The molecule has 2 fully saturated rings. The van der Waals surface area contributed by atoms with Gasteiger partial charge in [0.25, 0.3) is 0 Å². The molecule has 0 spiro atoms. The Balaban J connectivity index is 2.09. The van der Waals surface area contributed by atoms with Crippen molar-refractivity contribution in [1.29, 1.82) is 0 Å². The molecule has 1 aromatic carbocycles. The number of hydrogen-bond acceptors (Lipinski definition) is 6. The molecule has 1 aromatic rings. The van der Waals surface area contributed by atoms with E-state index in [4.69, 9.17) is 19.9 Å². The number of primary amides is 1. The van der Waals surface area contributed by atoms with Crippen LogP contribution in [0.15, 0.2) is 12.1 Å². The molecule has 1 aliphatic carbocycles. The second-order valence-corrected chi connectivity index (χ2v) is 7.55. The molecule has 3 unspecified atom stereocenters. The summed E-state index contributed by atoms with van der Waals surface area (Å²) >= 11 is 0. The summed E-state index contributed by atoms with van der Waals surface area (Å²) in [5.41, 5.74) is 5.74. The molecular formula is C20H30N2O5. The summed E-state index contributed by atoms with van der Waals surface area (Å²) < 4.78 is 16.5. The quantitative estimate of drug-likeness (QED) is 0.785. The number of rotatable bonds is 6. The second-order valence-electron chi connectivity index (χ2n) is 7.55. The Morgan fingerprint density at radius 2 is 1.85 bits per heavy atom. The number of carbonyl (C=O) groups is 1. The van der Waals surface area contributed by atoms with Crippen molar-refractivity contribution in [2.45, 2.75) is 43.7 Å². The zero-order valence-corrected chi connectivity index (χ0v) is 16.4.